The third-order valence-electron chi connectivity index (χ3n) is 0.805. The van der Waals surface area contributed by atoms with Gasteiger partial charge in [-0.2, -0.15) is 0 Å². The van der Waals surface area contributed by atoms with Crippen LogP contribution in [0.1, 0.15) is 11.4 Å². The normalized spacial score (nSPS) is 10.0. The minimum Gasteiger partial charge on any atom is -1.00 e. The van der Waals surface area contributed by atoms with Gasteiger partial charge in [0.25, 0.3) is 0 Å². The molecule has 0 rings (SSSR count). The molecule has 9 N–H and O–H groups in total. The second kappa shape index (κ2) is 29.9. The van der Waals surface area contributed by atoms with E-state index in [0.29, 0.717) is 0 Å². The molecule has 13 nitrogen and oxygen atoms in total. The van der Waals surface area contributed by atoms with Gasteiger partial charge in [0.1, 0.15) is 0 Å². The van der Waals surface area contributed by atoms with Gasteiger partial charge in [-0.05, 0) is 0 Å². The number of aliphatic carboxylic acids is 2. The van der Waals surface area contributed by atoms with Crippen molar-refractivity contribution in [2.75, 3.05) is 0 Å². The molecule has 0 amide bonds. The van der Waals surface area contributed by atoms with Crippen molar-refractivity contribution in [2.24, 2.45) is 0 Å². The van der Waals surface area contributed by atoms with E-state index in [9.17, 15) is 9.59 Å². The zero-order chi connectivity index (χ0) is 16.4. The summed E-state index contributed by atoms with van der Waals surface area (Å²) in [4.78, 5) is 49.7. The van der Waals surface area contributed by atoms with Gasteiger partial charge in [-0.1, -0.05) is 0 Å². The fourth-order valence-electron chi connectivity index (χ4n) is 0.270. The van der Waals surface area contributed by atoms with E-state index in [1.165, 1.54) is 0 Å². The summed E-state index contributed by atoms with van der Waals surface area (Å²) in [7, 11) is -4.64. The average molecular weight is 500 g/mol. The van der Waals surface area contributed by atoms with Crippen LogP contribution >= 0.6 is 7.82 Å². The Balaban J connectivity index is -0.00000000759. The van der Waals surface area contributed by atoms with E-state index in [2.05, 4.69) is 0 Å². The number of carbonyl (C=O) groups is 3. The van der Waals surface area contributed by atoms with E-state index in [4.69, 9.17) is 54.7 Å². The second-order valence-electron chi connectivity index (χ2n) is 2.36. The number of aliphatic hydroxyl groups excluding tert-OH is 2. The first-order valence-corrected chi connectivity index (χ1v) is 5.28. The minimum absolute atomic E-state index is 0. The van der Waals surface area contributed by atoms with E-state index in [0.717, 1.165) is 0 Å². The third kappa shape index (κ3) is 63.2. The molecule has 0 aromatic carbocycles. The number of rotatable bonds is 3. The van der Waals surface area contributed by atoms with Crippen molar-refractivity contribution in [3.05, 3.63) is 0 Å². The van der Waals surface area contributed by atoms with E-state index in [1.807, 2.05) is 0 Å². The van der Waals surface area contributed by atoms with E-state index >= 15 is 0 Å². The fraction of sp³-hybridized carbons (Fsp3) is 0.400. The molecule has 0 saturated heterocycles. The van der Waals surface area contributed by atoms with Crippen molar-refractivity contribution < 1.29 is 157 Å². The van der Waals surface area contributed by atoms with Gasteiger partial charge in [-0.3, -0.25) is 0 Å². The summed E-state index contributed by atoms with van der Waals surface area (Å²) in [6.07, 6.45) is -6.37. The predicted molar refractivity (Wildman–Crippen MR) is 78.4 cm³/mol. The van der Waals surface area contributed by atoms with Crippen molar-refractivity contribution in [1.82, 2.24) is 0 Å². The summed E-state index contributed by atoms with van der Waals surface area (Å²) in [5, 5.41) is 46.5. The van der Waals surface area contributed by atoms with Crippen LogP contribution in [0.4, 0.5) is 4.79 Å². The quantitative estimate of drug-likeness (QED) is 0.129. The molecule has 0 radical (unpaired) electrons. The molecule has 0 aliphatic carbocycles. The maximum absolute atomic E-state index is 9.77. The van der Waals surface area contributed by atoms with Crippen molar-refractivity contribution in [2.45, 2.75) is 12.2 Å². The Bertz CT molecular complexity index is 363. The Morgan fingerprint density at radius 3 is 0.875 bits per heavy atom. The molecule has 2 unspecified atom stereocenters. The Morgan fingerprint density at radius 1 is 0.750 bits per heavy atom. The van der Waals surface area contributed by atoms with Gasteiger partial charge in [0, 0.05) is 0 Å². The smallest absolute Gasteiger partial charge is 1.00 e. The number of carboxylic acids is 2. The first kappa shape index (κ1) is 51.4. The summed E-state index contributed by atoms with van der Waals surface area (Å²) < 4.78 is 8.88. The monoisotopic (exact) mass is 500 g/mol. The van der Waals surface area contributed by atoms with Crippen LogP contribution in [0, 0.1) is 0 Å². The largest absolute Gasteiger partial charge is 2.00 e. The van der Waals surface area contributed by atoms with Crippen LogP contribution < -0.4 is 80.9 Å². The van der Waals surface area contributed by atoms with E-state index < -0.39 is 38.1 Å². The number of aliphatic hydroxyl groups is 2. The Kier molecular flexibility index (Phi) is 63.9. The molecule has 2 atom stereocenters. The molecule has 19 heteroatoms. The standard InChI is InChI=1S/C4H6O6.CH2O3.3Ca.K.Na.H3O4P.8H/c5-1(3(7)8)2(6)4(9)10;2-1(3)4;;;;;;1-5(2,3)4;;;;;;;;/h1-2,5-6H,(H,7,8)(H,9,10);(H2,2,3,4);;;;;;(H3,1,2,3,4);;;;;;;;/q;;3*+2;2*+1;;8*-1. The van der Waals surface area contributed by atoms with Gasteiger partial charge in [-0.15, -0.1) is 0 Å². The zero-order valence-electron chi connectivity index (χ0n) is 20.9. The third-order valence-corrected chi connectivity index (χ3v) is 0.805. The SMILES string of the molecule is O=C(O)C(O)C(O)C(=O)O.O=C(O)O.O=P(O)(O)O.[Ca+2].[Ca+2].[Ca+2].[H-].[H-].[H-].[H-].[H-].[H-].[H-].[H-].[K+].[Na+]. The molecular weight excluding hydrogens is 481 g/mol. The van der Waals surface area contributed by atoms with Crippen LogP contribution in [0.3, 0.4) is 0 Å². The summed E-state index contributed by atoms with van der Waals surface area (Å²) in [6.45, 7) is 0. The van der Waals surface area contributed by atoms with Gasteiger partial charge in [-0.25, -0.2) is 18.9 Å². The molecular formula is C5H19Ca3KNaO13P. The Morgan fingerprint density at radius 2 is 0.833 bits per heavy atom. The van der Waals surface area contributed by atoms with Crippen molar-refractivity contribution in [1.29, 1.82) is 0 Å². The van der Waals surface area contributed by atoms with Crippen LogP contribution in [-0.4, -0.2) is 189 Å². The number of phosphoric acid groups is 1. The summed E-state index contributed by atoms with van der Waals surface area (Å²) in [5.74, 6) is -3.54. The molecule has 0 bridgehead atoms. The topological polar surface area (TPSA) is 250 Å². The molecule has 24 heavy (non-hydrogen) atoms. The average Bonchev–Trinajstić information content (AvgIpc) is 2.11. The van der Waals surface area contributed by atoms with Crippen LogP contribution in [-0.2, 0) is 14.2 Å². The molecule has 0 heterocycles. The Labute approximate surface area is 301 Å². The number of hydrogen-bond donors (Lipinski definition) is 9. The van der Waals surface area contributed by atoms with Gasteiger partial charge in [0.05, 0.1) is 0 Å². The summed E-state index contributed by atoms with van der Waals surface area (Å²) >= 11 is 0. The fourth-order valence-corrected chi connectivity index (χ4v) is 0.270. The van der Waals surface area contributed by atoms with Crippen molar-refractivity contribution in [3.8, 4) is 0 Å². The molecule has 0 saturated carbocycles. The maximum atomic E-state index is 9.77. The first-order chi connectivity index (χ1) is 8.20. The van der Waals surface area contributed by atoms with Crippen LogP contribution in [0.25, 0.3) is 0 Å². The molecule has 0 aromatic heterocycles. The molecule has 0 spiro atoms. The van der Waals surface area contributed by atoms with Crippen LogP contribution in [0.2, 0.25) is 0 Å². The minimum atomic E-state index is -4.64. The maximum Gasteiger partial charge on any atom is 2.00 e. The molecule has 0 aliphatic heterocycles. The molecule has 0 fully saturated rings. The van der Waals surface area contributed by atoms with Gasteiger partial charge in [0.2, 0.25) is 0 Å². The molecule has 130 valence electrons. The zero-order valence-corrected chi connectivity index (χ0v) is 25.5. The van der Waals surface area contributed by atoms with Gasteiger partial charge >= 0.3 is 220 Å². The number of hydrogen-bond acceptors (Lipinski definition) is 6. The van der Waals surface area contributed by atoms with Crippen LogP contribution in [0.5, 0.6) is 0 Å². The second-order valence-corrected chi connectivity index (χ2v) is 3.39. The van der Waals surface area contributed by atoms with Gasteiger partial charge in [0.15, 0.2) is 12.2 Å². The first-order valence-electron chi connectivity index (χ1n) is 3.72. The number of carboxylic acid groups (broad SMARTS) is 4. The van der Waals surface area contributed by atoms with E-state index in [-0.39, 0.29) is 206 Å². The molecule has 0 aliphatic rings. The Hall–Kier alpha value is 4.66. The predicted octanol–water partition coefficient (Wildman–Crippen LogP) is -9.06. The van der Waals surface area contributed by atoms with Crippen molar-refractivity contribution in [3.63, 3.8) is 0 Å². The molecule has 0 aromatic rings. The van der Waals surface area contributed by atoms with Crippen LogP contribution in [0.15, 0.2) is 0 Å². The van der Waals surface area contributed by atoms with Crippen molar-refractivity contribution >= 4 is 139 Å². The summed E-state index contributed by atoms with van der Waals surface area (Å²) in [6, 6.07) is 0. The van der Waals surface area contributed by atoms with E-state index in [1.54, 1.807) is 0 Å². The summed E-state index contributed by atoms with van der Waals surface area (Å²) in [5.41, 5.74) is 0. The van der Waals surface area contributed by atoms with Gasteiger partial charge < -0.3 is 56.7 Å².